The maximum Gasteiger partial charge on any atom is 0.333 e. The van der Waals surface area contributed by atoms with Crippen LogP contribution in [-0.4, -0.2) is 25.3 Å². The summed E-state index contributed by atoms with van der Waals surface area (Å²) in [5, 5.41) is 0. The third-order valence-electron chi connectivity index (χ3n) is 4.23. The van der Waals surface area contributed by atoms with E-state index in [-0.39, 0.29) is 11.6 Å². The zero-order chi connectivity index (χ0) is 16.8. The van der Waals surface area contributed by atoms with Crippen molar-refractivity contribution in [3.05, 3.63) is 12.2 Å². The van der Waals surface area contributed by atoms with E-state index in [4.69, 9.17) is 9.47 Å². The van der Waals surface area contributed by atoms with Gasteiger partial charge in [0.05, 0.1) is 12.2 Å². The molecule has 0 aliphatic carbocycles. The summed E-state index contributed by atoms with van der Waals surface area (Å²) >= 11 is 0. The lowest BCUT2D eigenvalue weighted by atomic mass is 9.92. The van der Waals surface area contributed by atoms with Crippen molar-refractivity contribution >= 4 is 5.97 Å². The van der Waals surface area contributed by atoms with E-state index in [0.29, 0.717) is 12.2 Å². The first-order valence-electron chi connectivity index (χ1n) is 8.83. The van der Waals surface area contributed by atoms with Crippen LogP contribution in [0.15, 0.2) is 12.2 Å². The zero-order valence-corrected chi connectivity index (χ0v) is 15.2. The lowest BCUT2D eigenvalue weighted by Gasteiger charge is -2.28. The van der Waals surface area contributed by atoms with E-state index in [0.717, 1.165) is 19.3 Å². The Balaban J connectivity index is 3.75. The molecule has 0 saturated heterocycles. The van der Waals surface area contributed by atoms with Gasteiger partial charge in [-0.05, 0) is 33.1 Å². The van der Waals surface area contributed by atoms with Crippen molar-refractivity contribution in [2.24, 2.45) is 0 Å². The molecular formula is C19H36O3. The number of unbranched alkanes of at least 4 members (excludes halogenated alkanes) is 6. The molecule has 0 rings (SSSR count). The molecule has 3 heteroatoms. The summed E-state index contributed by atoms with van der Waals surface area (Å²) in [6, 6.07) is 0. The smallest absolute Gasteiger partial charge is 0.333 e. The van der Waals surface area contributed by atoms with Crippen LogP contribution in [0.25, 0.3) is 0 Å². The van der Waals surface area contributed by atoms with Gasteiger partial charge in [-0.25, -0.2) is 4.79 Å². The van der Waals surface area contributed by atoms with Crippen LogP contribution in [-0.2, 0) is 14.3 Å². The average Bonchev–Trinajstić information content (AvgIpc) is 2.50. The van der Waals surface area contributed by atoms with E-state index < -0.39 is 0 Å². The molecule has 0 aliphatic rings. The normalized spacial score (nSPS) is 13.6. The van der Waals surface area contributed by atoms with Gasteiger partial charge in [0, 0.05) is 12.7 Å². The van der Waals surface area contributed by atoms with Gasteiger partial charge in [0.1, 0.15) is 0 Å². The van der Waals surface area contributed by atoms with E-state index in [2.05, 4.69) is 20.4 Å². The molecule has 0 aromatic carbocycles. The number of carbonyl (C=O) groups excluding carboxylic acids is 1. The van der Waals surface area contributed by atoms with E-state index in [9.17, 15) is 4.79 Å². The van der Waals surface area contributed by atoms with Crippen LogP contribution < -0.4 is 0 Å². The lowest BCUT2D eigenvalue weighted by Crippen LogP contribution is -2.27. The first-order chi connectivity index (χ1) is 10.4. The molecule has 130 valence electrons. The van der Waals surface area contributed by atoms with Crippen LogP contribution in [0.1, 0.15) is 85.0 Å². The Morgan fingerprint density at radius 1 is 1.00 bits per heavy atom. The predicted molar refractivity (Wildman–Crippen MR) is 93.0 cm³/mol. The number of methoxy groups -OCH3 is 1. The summed E-state index contributed by atoms with van der Waals surface area (Å²) in [6.07, 6.45) is 12.0. The molecule has 0 fully saturated rings. The number of esters is 1. The van der Waals surface area contributed by atoms with Crippen LogP contribution in [0.4, 0.5) is 0 Å². The van der Waals surface area contributed by atoms with Crippen molar-refractivity contribution in [3.8, 4) is 0 Å². The van der Waals surface area contributed by atoms with Crippen LogP contribution in [0, 0.1) is 0 Å². The highest BCUT2D eigenvalue weighted by molar-refractivity contribution is 5.86. The Bertz CT molecular complexity index is 312. The quantitative estimate of drug-likeness (QED) is 0.244. The third kappa shape index (κ3) is 10.8. The highest BCUT2D eigenvalue weighted by atomic mass is 16.5. The number of rotatable bonds is 14. The number of ether oxygens (including phenoxy) is 2. The number of hydrogen-bond donors (Lipinski definition) is 0. The minimum atomic E-state index is -0.300. The molecule has 22 heavy (non-hydrogen) atoms. The van der Waals surface area contributed by atoms with E-state index >= 15 is 0 Å². The van der Waals surface area contributed by atoms with Crippen molar-refractivity contribution in [1.82, 2.24) is 0 Å². The molecule has 0 aliphatic heterocycles. The second-order valence-electron chi connectivity index (χ2n) is 6.55. The molecule has 1 atom stereocenters. The first kappa shape index (κ1) is 21.2. The fraction of sp³-hybridized carbons (Fsp3) is 0.842. The Kier molecular flexibility index (Phi) is 12.2. The van der Waals surface area contributed by atoms with Crippen molar-refractivity contribution in [3.63, 3.8) is 0 Å². The zero-order valence-electron chi connectivity index (χ0n) is 15.2. The van der Waals surface area contributed by atoms with Gasteiger partial charge >= 0.3 is 5.97 Å². The molecule has 0 amide bonds. The van der Waals surface area contributed by atoms with Crippen LogP contribution in [0.3, 0.4) is 0 Å². The number of hydrogen-bond acceptors (Lipinski definition) is 3. The molecule has 0 heterocycles. The molecule has 0 aromatic heterocycles. The van der Waals surface area contributed by atoms with Gasteiger partial charge < -0.3 is 9.47 Å². The van der Waals surface area contributed by atoms with Gasteiger partial charge in [0.25, 0.3) is 0 Å². The molecule has 0 radical (unpaired) electrons. The van der Waals surface area contributed by atoms with Gasteiger partial charge in [-0.1, -0.05) is 58.4 Å². The van der Waals surface area contributed by atoms with Gasteiger partial charge in [0.15, 0.2) is 0 Å². The third-order valence-corrected chi connectivity index (χ3v) is 4.23. The largest absolute Gasteiger partial charge is 0.462 e. The minimum Gasteiger partial charge on any atom is -0.462 e. The highest BCUT2D eigenvalue weighted by Crippen LogP contribution is 2.24. The van der Waals surface area contributed by atoms with Gasteiger partial charge in [-0.15, -0.1) is 0 Å². The second kappa shape index (κ2) is 12.7. The summed E-state index contributed by atoms with van der Waals surface area (Å²) in [5.74, 6) is -0.300. The summed E-state index contributed by atoms with van der Waals surface area (Å²) in [4.78, 5) is 11.3. The summed E-state index contributed by atoms with van der Waals surface area (Å²) in [7, 11) is 1.78. The molecule has 0 spiro atoms. The van der Waals surface area contributed by atoms with Gasteiger partial charge in [-0.3, -0.25) is 0 Å². The fourth-order valence-electron chi connectivity index (χ4n) is 2.52. The van der Waals surface area contributed by atoms with E-state index in [1.165, 1.54) is 44.9 Å². The maximum absolute atomic E-state index is 11.3. The molecular weight excluding hydrogens is 276 g/mol. The lowest BCUT2D eigenvalue weighted by molar-refractivity contribution is -0.139. The molecule has 0 N–H and O–H groups in total. The van der Waals surface area contributed by atoms with E-state index in [1.54, 1.807) is 14.0 Å². The molecule has 3 nitrogen and oxygen atoms in total. The van der Waals surface area contributed by atoms with Crippen LogP contribution in [0.2, 0.25) is 0 Å². The van der Waals surface area contributed by atoms with E-state index in [1.807, 2.05) is 0 Å². The van der Waals surface area contributed by atoms with Gasteiger partial charge in [0.2, 0.25) is 0 Å². The predicted octanol–water partition coefficient (Wildman–Crippen LogP) is 5.43. The fourth-order valence-corrected chi connectivity index (χ4v) is 2.52. The summed E-state index contributed by atoms with van der Waals surface area (Å²) in [5.41, 5.74) is 0.358. The second-order valence-corrected chi connectivity index (χ2v) is 6.55. The molecule has 0 saturated carbocycles. The van der Waals surface area contributed by atoms with Crippen molar-refractivity contribution in [2.45, 2.75) is 90.6 Å². The van der Waals surface area contributed by atoms with Crippen LogP contribution in [0.5, 0.6) is 0 Å². The SMILES string of the molecule is C=C(C)C(=O)OCCCC(C)(CCCCCCCCC)OC. The molecule has 0 aromatic rings. The first-order valence-corrected chi connectivity index (χ1v) is 8.83. The Morgan fingerprint density at radius 3 is 2.09 bits per heavy atom. The van der Waals surface area contributed by atoms with Crippen molar-refractivity contribution in [1.29, 1.82) is 0 Å². The molecule has 0 bridgehead atoms. The standard InChI is InChI=1S/C19H36O3/c1-6-7-8-9-10-11-12-14-19(4,21-5)15-13-16-22-18(20)17(2)3/h2,6-16H2,1,3-5H3. The number of carbonyl (C=O) groups is 1. The topological polar surface area (TPSA) is 35.5 Å². The Morgan fingerprint density at radius 2 is 1.55 bits per heavy atom. The molecule has 1 unspecified atom stereocenters. The van der Waals surface area contributed by atoms with Crippen LogP contribution >= 0.6 is 0 Å². The minimum absolute atomic E-state index is 0.0982. The average molecular weight is 312 g/mol. The van der Waals surface area contributed by atoms with Crippen molar-refractivity contribution < 1.29 is 14.3 Å². The monoisotopic (exact) mass is 312 g/mol. The van der Waals surface area contributed by atoms with Crippen molar-refractivity contribution in [2.75, 3.05) is 13.7 Å². The maximum atomic E-state index is 11.3. The van der Waals surface area contributed by atoms with Gasteiger partial charge in [-0.2, -0.15) is 0 Å². The summed E-state index contributed by atoms with van der Waals surface area (Å²) in [6.45, 7) is 10.1. The Labute approximate surface area is 137 Å². The summed E-state index contributed by atoms with van der Waals surface area (Å²) < 4.78 is 10.8. The highest BCUT2D eigenvalue weighted by Gasteiger charge is 2.22. The Hall–Kier alpha value is -0.830.